The van der Waals surface area contributed by atoms with Crippen LogP contribution in [0.4, 0.5) is 0 Å². The minimum Gasteiger partial charge on any atom is -0.396 e. The van der Waals surface area contributed by atoms with Crippen LogP contribution < -0.4 is 0 Å². The second-order valence-electron chi connectivity index (χ2n) is 4.13. The molecule has 1 aromatic heterocycles. The molecule has 0 fully saturated rings. The van der Waals surface area contributed by atoms with Gasteiger partial charge in [-0.25, -0.2) is 8.42 Å². The summed E-state index contributed by atoms with van der Waals surface area (Å²) >= 11 is 0. The van der Waals surface area contributed by atoms with Crippen LogP contribution in [0.5, 0.6) is 0 Å². The molecule has 0 saturated carbocycles. The highest BCUT2D eigenvalue weighted by molar-refractivity contribution is 7.91. The topological polar surface area (TPSA) is 70.2 Å². The van der Waals surface area contributed by atoms with Gasteiger partial charge in [0.15, 0.2) is 9.84 Å². The van der Waals surface area contributed by atoms with Gasteiger partial charge in [0, 0.05) is 24.4 Å². The van der Waals surface area contributed by atoms with Gasteiger partial charge < -0.3 is 10.1 Å². The van der Waals surface area contributed by atoms with Gasteiger partial charge in [-0.2, -0.15) is 0 Å². The first-order valence-electron chi connectivity index (χ1n) is 4.34. The van der Waals surface area contributed by atoms with Gasteiger partial charge >= 0.3 is 0 Å². The summed E-state index contributed by atoms with van der Waals surface area (Å²) in [6.45, 7) is 3.30. The Kier molecular flexibility index (Phi) is 3.01. The number of H-pyrrole nitrogens is 1. The fourth-order valence-corrected chi connectivity index (χ4v) is 2.96. The van der Waals surface area contributed by atoms with E-state index in [2.05, 4.69) is 4.98 Å². The largest absolute Gasteiger partial charge is 0.396 e. The molecular weight excluding hydrogens is 202 g/mol. The molecular formula is C9H15NO3S. The van der Waals surface area contributed by atoms with Crippen LogP contribution in [0.3, 0.4) is 0 Å². The van der Waals surface area contributed by atoms with E-state index in [0.717, 1.165) is 0 Å². The minimum absolute atomic E-state index is 0.0473. The first-order valence-corrected chi connectivity index (χ1v) is 5.99. The fourth-order valence-electron chi connectivity index (χ4n) is 1.15. The number of hydrogen-bond donors (Lipinski definition) is 2. The summed E-state index contributed by atoms with van der Waals surface area (Å²) in [6.07, 6.45) is 3.02. The highest BCUT2D eigenvalue weighted by Crippen LogP contribution is 2.21. The summed E-state index contributed by atoms with van der Waals surface area (Å²) in [5, 5.41) is 8.98. The van der Waals surface area contributed by atoms with E-state index >= 15 is 0 Å². The molecule has 5 heteroatoms. The Hall–Kier alpha value is -0.810. The smallest absolute Gasteiger partial charge is 0.180 e. The van der Waals surface area contributed by atoms with Crippen molar-refractivity contribution >= 4 is 9.84 Å². The SMILES string of the molecule is CC(C)(CO)CS(=O)(=O)c1cc[nH]c1. The Morgan fingerprint density at radius 1 is 1.50 bits per heavy atom. The maximum Gasteiger partial charge on any atom is 0.180 e. The summed E-state index contributed by atoms with van der Waals surface area (Å²) in [5.74, 6) is -0.0473. The molecule has 80 valence electrons. The van der Waals surface area contributed by atoms with E-state index in [0.29, 0.717) is 0 Å². The summed E-state index contributed by atoms with van der Waals surface area (Å²) < 4.78 is 23.5. The van der Waals surface area contributed by atoms with Crippen molar-refractivity contribution in [3.63, 3.8) is 0 Å². The van der Waals surface area contributed by atoms with Gasteiger partial charge in [-0.15, -0.1) is 0 Å². The van der Waals surface area contributed by atoms with Gasteiger partial charge in [0.25, 0.3) is 0 Å². The average Bonchev–Trinajstić information content (AvgIpc) is 2.54. The molecule has 14 heavy (non-hydrogen) atoms. The zero-order chi connectivity index (χ0) is 10.8. The van der Waals surface area contributed by atoms with Crippen molar-refractivity contribution in [2.24, 2.45) is 5.41 Å². The quantitative estimate of drug-likeness (QED) is 0.784. The van der Waals surface area contributed by atoms with Crippen molar-refractivity contribution in [2.75, 3.05) is 12.4 Å². The summed E-state index contributed by atoms with van der Waals surface area (Å²) in [7, 11) is -3.28. The second kappa shape index (κ2) is 3.74. The Morgan fingerprint density at radius 3 is 2.57 bits per heavy atom. The van der Waals surface area contributed by atoms with Crippen molar-refractivity contribution < 1.29 is 13.5 Å². The van der Waals surface area contributed by atoms with Crippen LogP contribution >= 0.6 is 0 Å². The molecule has 2 N–H and O–H groups in total. The van der Waals surface area contributed by atoms with Crippen molar-refractivity contribution in [2.45, 2.75) is 18.7 Å². The number of aromatic nitrogens is 1. The van der Waals surface area contributed by atoms with Crippen LogP contribution in [0.2, 0.25) is 0 Å². The van der Waals surface area contributed by atoms with Crippen molar-refractivity contribution in [3.05, 3.63) is 18.5 Å². The lowest BCUT2D eigenvalue weighted by Crippen LogP contribution is -2.27. The van der Waals surface area contributed by atoms with Crippen molar-refractivity contribution in [1.82, 2.24) is 4.98 Å². The van der Waals surface area contributed by atoms with E-state index in [9.17, 15) is 8.42 Å². The standard InChI is InChI=1S/C9H15NO3S/c1-9(2,6-11)7-14(12,13)8-3-4-10-5-8/h3-5,10-11H,6-7H2,1-2H3. The zero-order valence-corrected chi connectivity index (χ0v) is 9.13. The summed E-state index contributed by atoms with van der Waals surface area (Å²) in [6, 6.07) is 1.52. The molecule has 0 unspecified atom stereocenters. The first kappa shape index (κ1) is 11.3. The number of rotatable bonds is 4. The van der Waals surface area contributed by atoms with Gasteiger partial charge in [0.2, 0.25) is 0 Å². The molecule has 0 radical (unpaired) electrons. The van der Waals surface area contributed by atoms with Crippen LogP contribution in [0.15, 0.2) is 23.4 Å². The highest BCUT2D eigenvalue weighted by atomic mass is 32.2. The monoisotopic (exact) mass is 217 g/mol. The van der Waals surface area contributed by atoms with E-state index < -0.39 is 15.3 Å². The van der Waals surface area contributed by atoms with Gasteiger partial charge in [0.05, 0.1) is 10.6 Å². The maximum atomic E-state index is 11.7. The number of nitrogens with one attached hydrogen (secondary N) is 1. The predicted molar refractivity (Wildman–Crippen MR) is 53.7 cm³/mol. The third-order valence-corrected chi connectivity index (χ3v) is 4.07. The average molecular weight is 217 g/mol. The summed E-state index contributed by atoms with van der Waals surface area (Å²) in [4.78, 5) is 2.97. The van der Waals surface area contributed by atoms with E-state index in [1.54, 1.807) is 20.0 Å². The molecule has 0 bridgehead atoms. The Bertz CT molecular complexity index is 378. The molecule has 0 aromatic carbocycles. The molecule has 1 rings (SSSR count). The van der Waals surface area contributed by atoms with Crippen LogP contribution in [-0.4, -0.2) is 30.9 Å². The molecule has 4 nitrogen and oxygen atoms in total. The molecule has 0 aliphatic rings. The molecule has 0 atom stereocenters. The van der Waals surface area contributed by atoms with Gasteiger partial charge in [-0.05, 0) is 6.07 Å². The van der Waals surface area contributed by atoms with Crippen LogP contribution in [0.1, 0.15) is 13.8 Å². The fraction of sp³-hybridized carbons (Fsp3) is 0.556. The molecule has 1 aromatic rings. The molecule has 0 aliphatic carbocycles. The molecule has 0 amide bonds. The van der Waals surface area contributed by atoms with Crippen LogP contribution in [-0.2, 0) is 9.84 Å². The Morgan fingerprint density at radius 2 is 2.14 bits per heavy atom. The first-order chi connectivity index (χ1) is 6.37. The maximum absolute atomic E-state index is 11.7. The van der Waals surface area contributed by atoms with E-state index in [1.165, 1.54) is 12.3 Å². The predicted octanol–water partition coefficient (Wildman–Crippen LogP) is 0.807. The third kappa shape index (κ3) is 2.59. The van der Waals surface area contributed by atoms with Crippen molar-refractivity contribution in [3.8, 4) is 0 Å². The number of aromatic amines is 1. The molecule has 0 saturated heterocycles. The number of aliphatic hydroxyl groups is 1. The Balaban J connectivity index is 2.89. The van der Waals surface area contributed by atoms with E-state index in [-0.39, 0.29) is 17.3 Å². The normalized spacial score (nSPS) is 13.1. The van der Waals surface area contributed by atoms with Gasteiger partial charge in [0.1, 0.15) is 0 Å². The van der Waals surface area contributed by atoms with Gasteiger partial charge in [-0.3, -0.25) is 0 Å². The van der Waals surface area contributed by atoms with Gasteiger partial charge in [-0.1, -0.05) is 13.8 Å². The van der Waals surface area contributed by atoms with Crippen LogP contribution in [0.25, 0.3) is 0 Å². The molecule has 1 heterocycles. The number of sulfone groups is 1. The van der Waals surface area contributed by atoms with E-state index in [4.69, 9.17) is 5.11 Å². The van der Waals surface area contributed by atoms with Crippen molar-refractivity contribution in [1.29, 1.82) is 0 Å². The lowest BCUT2D eigenvalue weighted by Gasteiger charge is -2.20. The van der Waals surface area contributed by atoms with Crippen LogP contribution in [0, 0.1) is 5.41 Å². The second-order valence-corrected chi connectivity index (χ2v) is 6.12. The molecule has 0 spiro atoms. The number of hydrogen-bond acceptors (Lipinski definition) is 3. The minimum atomic E-state index is -3.28. The summed E-state index contributed by atoms with van der Waals surface area (Å²) in [5.41, 5.74) is -0.601. The lowest BCUT2D eigenvalue weighted by atomic mass is 9.98. The lowest BCUT2D eigenvalue weighted by molar-refractivity contribution is 0.179. The number of aliphatic hydroxyl groups excluding tert-OH is 1. The highest BCUT2D eigenvalue weighted by Gasteiger charge is 2.26. The Labute approximate surface area is 83.9 Å². The van der Waals surface area contributed by atoms with E-state index in [1.807, 2.05) is 0 Å². The zero-order valence-electron chi connectivity index (χ0n) is 8.32. The third-order valence-electron chi connectivity index (χ3n) is 1.94. The molecule has 0 aliphatic heterocycles.